The van der Waals surface area contributed by atoms with E-state index >= 15 is 0 Å². The predicted octanol–water partition coefficient (Wildman–Crippen LogP) is 5.28. The maximum atomic E-state index is 11.3. The quantitative estimate of drug-likeness (QED) is 0.334. The van der Waals surface area contributed by atoms with E-state index in [2.05, 4.69) is 4.98 Å². The van der Waals surface area contributed by atoms with Crippen molar-refractivity contribution in [3.8, 4) is 11.8 Å². The first-order chi connectivity index (χ1) is 12.9. The van der Waals surface area contributed by atoms with E-state index in [0.29, 0.717) is 22.3 Å². The molecule has 0 amide bonds. The molecule has 0 bridgehead atoms. The molecule has 2 aromatic carbocycles. The Morgan fingerprint density at radius 1 is 1.33 bits per heavy atom. The molecule has 1 aromatic heterocycles. The fourth-order valence-corrected chi connectivity index (χ4v) is 3.26. The van der Waals surface area contributed by atoms with E-state index in [1.54, 1.807) is 12.1 Å². The van der Waals surface area contributed by atoms with Gasteiger partial charge in [0.25, 0.3) is 5.69 Å². The summed E-state index contributed by atoms with van der Waals surface area (Å²) in [6.45, 7) is 1.85. The highest BCUT2D eigenvalue weighted by Crippen LogP contribution is 2.41. The molecule has 0 aliphatic carbocycles. The molecule has 0 N–H and O–H groups in total. The Bertz CT molecular complexity index is 1110. The zero-order valence-electron chi connectivity index (χ0n) is 14.2. The van der Waals surface area contributed by atoms with Gasteiger partial charge in [-0.3, -0.25) is 19.5 Å². The van der Waals surface area contributed by atoms with Crippen molar-refractivity contribution in [3.05, 3.63) is 62.8 Å². The Balaban J connectivity index is 2.33. The van der Waals surface area contributed by atoms with Crippen LogP contribution >= 0.6 is 23.4 Å². The molecule has 9 heteroatoms. The molecule has 0 aliphatic heterocycles. The average Bonchev–Trinajstić information content (AvgIpc) is 2.66. The Labute approximate surface area is 164 Å². The smallest absolute Gasteiger partial charge is 0.288 e. The number of hydrogen-bond acceptors (Lipinski definition) is 6. The van der Waals surface area contributed by atoms with Gasteiger partial charge in [-0.25, -0.2) is 0 Å². The molecular weight excluding hydrogens is 391 g/mol. The minimum absolute atomic E-state index is 0.0469. The van der Waals surface area contributed by atoms with Gasteiger partial charge in [-0.05, 0) is 24.6 Å². The van der Waals surface area contributed by atoms with E-state index in [0.717, 1.165) is 5.56 Å². The Morgan fingerprint density at radius 2 is 2.07 bits per heavy atom. The number of anilines is 2. The van der Waals surface area contributed by atoms with Gasteiger partial charge in [0.15, 0.2) is 0 Å². The zero-order valence-corrected chi connectivity index (χ0v) is 15.7. The number of nitro groups is 1. The monoisotopic (exact) mass is 402 g/mol. The number of aryl methyl sites for hydroxylation is 1. The van der Waals surface area contributed by atoms with Crippen molar-refractivity contribution in [3.63, 3.8) is 0 Å². The highest BCUT2D eigenvalue weighted by molar-refractivity contribution is 6.34. The summed E-state index contributed by atoms with van der Waals surface area (Å²) in [4.78, 5) is 14.9. The number of rotatable bonds is 4. The molecule has 0 fully saturated rings. The lowest BCUT2D eigenvalue weighted by molar-refractivity contribution is -0.384. The first kappa shape index (κ1) is 18.7. The fourth-order valence-electron chi connectivity index (χ4n) is 2.67. The van der Waals surface area contributed by atoms with Gasteiger partial charge >= 0.3 is 0 Å². The highest BCUT2D eigenvalue weighted by Gasteiger charge is 2.22. The van der Waals surface area contributed by atoms with E-state index in [1.165, 1.54) is 29.9 Å². The van der Waals surface area contributed by atoms with Crippen LogP contribution in [0.15, 0.2) is 36.5 Å². The number of fused-ring (bicyclic) bond motifs is 1. The van der Waals surface area contributed by atoms with Crippen molar-refractivity contribution in [2.75, 3.05) is 11.5 Å². The lowest BCUT2D eigenvalue weighted by Crippen LogP contribution is -2.08. The van der Waals surface area contributed by atoms with Gasteiger partial charge in [0.2, 0.25) is 0 Å². The first-order valence-corrected chi connectivity index (χ1v) is 8.36. The maximum absolute atomic E-state index is 11.3. The molecule has 0 saturated heterocycles. The molecule has 3 rings (SSSR count). The van der Waals surface area contributed by atoms with Gasteiger partial charge in [-0.2, -0.15) is 5.26 Å². The molecule has 1 heterocycles. The topological polar surface area (TPSA) is 92.3 Å². The second kappa shape index (κ2) is 7.27. The van der Waals surface area contributed by atoms with Crippen molar-refractivity contribution in [2.24, 2.45) is 0 Å². The number of benzene rings is 2. The molecule has 0 atom stereocenters. The standard InChI is InChI=1S/C18H12Cl2N4O3/c1-10-3-4-12(27-2)5-16(10)23(20)18-11(8-21)9-22-15-7-14(19)17(24(25)26)6-13(15)18/h3-7,9H,1-2H3. The minimum Gasteiger partial charge on any atom is -0.497 e. The number of nitro benzene ring substituents is 1. The summed E-state index contributed by atoms with van der Waals surface area (Å²) in [6, 6.07) is 9.98. The normalized spacial score (nSPS) is 10.5. The van der Waals surface area contributed by atoms with Crippen LogP contribution in [0.2, 0.25) is 5.02 Å². The fraction of sp³-hybridized carbons (Fsp3) is 0.111. The molecule has 0 saturated carbocycles. The second-order valence-corrected chi connectivity index (χ2v) is 6.39. The lowest BCUT2D eigenvalue weighted by atomic mass is 10.1. The largest absolute Gasteiger partial charge is 0.497 e. The van der Waals surface area contributed by atoms with Crippen LogP contribution in [0.4, 0.5) is 17.1 Å². The van der Waals surface area contributed by atoms with Gasteiger partial charge in [0.05, 0.1) is 34.5 Å². The van der Waals surface area contributed by atoms with Crippen LogP contribution in [0.3, 0.4) is 0 Å². The molecular formula is C18H12Cl2N4O3. The van der Waals surface area contributed by atoms with Crippen molar-refractivity contribution < 1.29 is 9.66 Å². The SMILES string of the molecule is COc1ccc(C)c(N(Cl)c2c(C#N)cnc3cc(Cl)c([N+](=O)[O-])cc23)c1. The molecule has 27 heavy (non-hydrogen) atoms. The number of hydrogen-bond donors (Lipinski definition) is 0. The van der Waals surface area contributed by atoms with E-state index in [9.17, 15) is 15.4 Å². The minimum atomic E-state index is -0.597. The first-order valence-electron chi connectivity index (χ1n) is 7.64. The van der Waals surface area contributed by atoms with Crippen LogP contribution in [0.1, 0.15) is 11.1 Å². The average molecular weight is 403 g/mol. The van der Waals surface area contributed by atoms with Crippen LogP contribution in [0.5, 0.6) is 5.75 Å². The zero-order chi connectivity index (χ0) is 19.7. The third-order valence-corrected chi connectivity index (χ3v) is 4.70. The Hall–Kier alpha value is -3.08. The molecule has 0 aliphatic rings. The summed E-state index contributed by atoms with van der Waals surface area (Å²) < 4.78 is 6.51. The number of nitrogens with zero attached hydrogens (tertiary/aromatic N) is 4. The third kappa shape index (κ3) is 3.33. The van der Waals surface area contributed by atoms with E-state index in [4.69, 9.17) is 28.1 Å². The molecule has 0 unspecified atom stereocenters. The van der Waals surface area contributed by atoms with Crippen LogP contribution in [-0.4, -0.2) is 17.0 Å². The molecule has 0 radical (unpaired) electrons. The van der Waals surface area contributed by atoms with Crippen LogP contribution in [0.25, 0.3) is 10.9 Å². The number of pyridine rings is 1. The van der Waals surface area contributed by atoms with E-state index < -0.39 is 4.92 Å². The lowest BCUT2D eigenvalue weighted by Gasteiger charge is -2.21. The molecule has 7 nitrogen and oxygen atoms in total. The van der Waals surface area contributed by atoms with Crippen molar-refractivity contribution in [2.45, 2.75) is 6.92 Å². The number of methoxy groups -OCH3 is 1. The number of halogens is 2. The van der Waals surface area contributed by atoms with Gasteiger partial charge < -0.3 is 4.74 Å². The van der Waals surface area contributed by atoms with E-state index in [-0.39, 0.29) is 22.0 Å². The van der Waals surface area contributed by atoms with Crippen LogP contribution in [-0.2, 0) is 0 Å². The number of aromatic nitrogens is 1. The Kier molecular flexibility index (Phi) is 5.04. The second-order valence-electron chi connectivity index (χ2n) is 5.64. The number of nitriles is 1. The van der Waals surface area contributed by atoms with Gasteiger partial charge in [-0.1, -0.05) is 17.7 Å². The third-order valence-electron chi connectivity index (χ3n) is 4.05. The van der Waals surface area contributed by atoms with E-state index in [1.807, 2.05) is 19.1 Å². The van der Waals surface area contributed by atoms with Gasteiger partial charge in [-0.15, -0.1) is 0 Å². The maximum Gasteiger partial charge on any atom is 0.288 e. The summed E-state index contributed by atoms with van der Waals surface area (Å²) in [7, 11) is 1.53. The van der Waals surface area contributed by atoms with Crippen molar-refractivity contribution in [1.82, 2.24) is 4.98 Å². The number of ether oxygens (including phenoxy) is 1. The van der Waals surface area contributed by atoms with Crippen molar-refractivity contribution in [1.29, 1.82) is 5.26 Å². The molecule has 0 spiro atoms. The van der Waals surface area contributed by atoms with Crippen LogP contribution < -0.4 is 9.16 Å². The summed E-state index contributed by atoms with van der Waals surface area (Å²) >= 11 is 12.6. The van der Waals surface area contributed by atoms with Gasteiger partial charge in [0.1, 0.15) is 16.8 Å². The summed E-state index contributed by atoms with van der Waals surface area (Å²) in [6.07, 6.45) is 1.35. The van der Waals surface area contributed by atoms with Gasteiger partial charge in [0, 0.05) is 35.5 Å². The molecule has 3 aromatic rings. The van der Waals surface area contributed by atoms with Crippen LogP contribution in [0, 0.1) is 28.4 Å². The summed E-state index contributed by atoms with van der Waals surface area (Å²) in [5.41, 5.74) is 1.91. The van der Waals surface area contributed by atoms with Crippen molar-refractivity contribution >= 4 is 51.3 Å². The predicted molar refractivity (Wildman–Crippen MR) is 104 cm³/mol. The summed E-state index contributed by atoms with van der Waals surface area (Å²) in [5.74, 6) is 0.576. The molecule has 136 valence electrons. The highest BCUT2D eigenvalue weighted by atomic mass is 35.5. The summed E-state index contributed by atoms with van der Waals surface area (Å²) in [5, 5.41) is 21.1. The Morgan fingerprint density at radius 3 is 2.70 bits per heavy atom.